The maximum Gasteiger partial charge on any atom is 0.255 e. The predicted molar refractivity (Wildman–Crippen MR) is 134 cm³/mol. The van der Waals surface area contributed by atoms with Crippen LogP contribution in [0, 0.1) is 6.92 Å². The molecular weight excluding hydrogens is 458 g/mol. The normalized spacial score (nSPS) is 22.4. The van der Waals surface area contributed by atoms with E-state index < -0.39 is 11.9 Å². The standard InChI is InChI=1S/C28H33N3O5/c1-18-6-7-19(13-25(18)35-2)15-30-12-4-3-5-21(30)17-36-22-8-9-23-20(14-22)16-31(28(23)34)24-10-11-26(32)29-27(24)33/h6-9,13-14,21,24H,3-5,10-12,15-17H2,1-2H3,(H,29,32,33)/t21-,24?/m1/s1. The maximum absolute atomic E-state index is 12.9. The van der Waals surface area contributed by atoms with Gasteiger partial charge in [-0.15, -0.1) is 0 Å². The first-order valence-corrected chi connectivity index (χ1v) is 12.7. The van der Waals surface area contributed by atoms with Crippen molar-refractivity contribution in [2.75, 3.05) is 20.3 Å². The number of hydrogen-bond donors (Lipinski definition) is 1. The Labute approximate surface area is 211 Å². The third-order valence-corrected chi connectivity index (χ3v) is 7.54. The number of nitrogens with one attached hydrogen (secondary N) is 1. The lowest BCUT2D eigenvalue weighted by molar-refractivity contribution is -0.136. The number of fused-ring (bicyclic) bond motifs is 1. The molecule has 3 aliphatic heterocycles. The number of nitrogens with zero attached hydrogens (tertiary/aromatic N) is 2. The number of piperidine rings is 2. The molecule has 0 bridgehead atoms. The number of amides is 3. The number of rotatable bonds is 7. The second-order valence-electron chi connectivity index (χ2n) is 9.95. The fourth-order valence-electron chi connectivity index (χ4n) is 5.49. The molecule has 3 heterocycles. The number of carbonyl (C=O) groups excluding carboxylic acids is 3. The summed E-state index contributed by atoms with van der Waals surface area (Å²) < 4.78 is 11.7. The van der Waals surface area contributed by atoms with Crippen molar-refractivity contribution in [1.29, 1.82) is 0 Å². The number of benzene rings is 2. The Balaban J connectivity index is 1.23. The molecule has 2 aromatic rings. The molecular formula is C28H33N3O5. The summed E-state index contributed by atoms with van der Waals surface area (Å²) in [5, 5.41) is 2.34. The largest absolute Gasteiger partial charge is 0.496 e. The van der Waals surface area contributed by atoms with Crippen LogP contribution in [0.2, 0.25) is 0 Å². The van der Waals surface area contributed by atoms with E-state index in [1.54, 1.807) is 18.1 Å². The smallest absolute Gasteiger partial charge is 0.255 e. The van der Waals surface area contributed by atoms with Crippen LogP contribution in [0.5, 0.6) is 11.5 Å². The van der Waals surface area contributed by atoms with Crippen molar-refractivity contribution in [1.82, 2.24) is 15.1 Å². The van der Waals surface area contributed by atoms with Gasteiger partial charge in [0.15, 0.2) is 0 Å². The van der Waals surface area contributed by atoms with E-state index in [1.165, 1.54) is 18.4 Å². The summed E-state index contributed by atoms with van der Waals surface area (Å²) in [5.41, 5.74) is 3.81. The summed E-state index contributed by atoms with van der Waals surface area (Å²) in [7, 11) is 1.71. The zero-order valence-corrected chi connectivity index (χ0v) is 20.9. The van der Waals surface area contributed by atoms with Crippen LogP contribution >= 0.6 is 0 Å². The van der Waals surface area contributed by atoms with Crippen LogP contribution in [0.1, 0.15) is 59.2 Å². The first kappa shape index (κ1) is 24.3. The first-order chi connectivity index (χ1) is 17.4. The number of methoxy groups -OCH3 is 1. The molecule has 0 spiro atoms. The molecule has 2 fully saturated rings. The molecule has 0 aliphatic carbocycles. The Kier molecular flexibility index (Phi) is 6.96. The van der Waals surface area contributed by atoms with Gasteiger partial charge in [-0.3, -0.25) is 24.6 Å². The number of imide groups is 1. The minimum absolute atomic E-state index is 0.168. The molecule has 2 saturated heterocycles. The summed E-state index contributed by atoms with van der Waals surface area (Å²) in [5.74, 6) is 0.797. The Morgan fingerprint density at radius 2 is 1.92 bits per heavy atom. The van der Waals surface area contributed by atoms with Crippen molar-refractivity contribution in [3.8, 4) is 11.5 Å². The molecule has 1 unspecified atom stereocenters. The van der Waals surface area contributed by atoms with Crippen molar-refractivity contribution in [2.45, 2.75) is 64.2 Å². The highest BCUT2D eigenvalue weighted by Gasteiger charge is 2.39. The highest BCUT2D eigenvalue weighted by atomic mass is 16.5. The average molecular weight is 492 g/mol. The molecule has 8 heteroatoms. The third kappa shape index (κ3) is 4.95. The minimum atomic E-state index is -0.608. The van der Waals surface area contributed by atoms with Gasteiger partial charge < -0.3 is 14.4 Å². The zero-order valence-electron chi connectivity index (χ0n) is 20.9. The number of likely N-dealkylation sites (tertiary alicyclic amines) is 1. The summed E-state index contributed by atoms with van der Waals surface area (Å²) in [6.45, 7) is 4.86. The van der Waals surface area contributed by atoms with Gasteiger partial charge in [0.1, 0.15) is 24.1 Å². The topological polar surface area (TPSA) is 88.2 Å². The van der Waals surface area contributed by atoms with Gasteiger partial charge >= 0.3 is 0 Å². The van der Waals surface area contributed by atoms with E-state index in [0.717, 1.165) is 42.1 Å². The molecule has 190 valence electrons. The number of hydrogen-bond acceptors (Lipinski definition) is 6. The first-order valence-electron chi connectivity index (χ1n) is 12.7. The minimum Gasteiger partial charge on any atom is -0.496 e. The quantitative estimate of drug-likeness (QED) is 0.599. The van der Waals surface area contributed by atoms with Crippen molar-refractivity contribution < 1.29 is 23.9 Å². The van der Waals surface area contributed by atoms with E-state index in [9.17, 15) is 14.4 Å². The van der Waals surface area contributed by atoms with Crippen molar-refractivity contribution in [3.05, 3.63) is 58.7 Å². The van der Waals surface area contributed by atoms with Gasteiger partial charge in [-0.2, -0.15) is 0 Å². The number of aryl methyl sites for hydroxylation is 1. The van der Waals surface area contributed by atoms with Gasteiger partial charge in [0, 0.05) is 31.1 Å². The van der Waals surface area contributed by atoms with Gasteiger partial charge in [-0.25, -0.2) is 0 Å². The summed E-state index contributed by atoms with van der Waals surface area (Å²) in [6.07, 6.45) is 4.05. The summed E-state index contributed by atoms with van der Waals surface area (Å²) >= 11 is 0. The SMILES string of the molecule is COc1cc(CN2CCCC[C@@H]2COc2ccc3c(c2)CN(C2CCC(=O)NC2=O)C3=O)ccc1C. The van der Waals surface area contributed by atoms with Crippen LogP contribution in [-0.2, 0) is 22.7 Å². The summed E-state index contributed by atoms with van der Waals surface area (Å²) in [4.78, 5) is 40.7. The van der Waals surface area contributed by atoms with Crippen LogP contribution in [-0.4, -0.2) is 59.9 Å². The van der Waals surface area contributed by atoms with E-state index in [2.05, 4.69) is 28.4 Å². The van der Waals surface area contributed by atoms with Gasteiger partial charge in [0.05, 0.1) is 7.11 Å². The zero-order chi connectivity index (χ0) is 25.2. The third-order valence-electron chi connectivity index (χ3n) is 7.54. The molecule has 8 nitrogen and oxygen atoms in total. The van der Waals surface area contributed by atoms with Gasteiger partial charge in [-0.05, 0) is 73.7 Å². The lowest BCUT2D eigenvalue weighted by Gasteiger charge is -2.35. The molecule has 0 radical (unpaired) electrons. The number of ether oxygens (including phenoxy) is 2. The van der Waals surface area contributed by atoms with Crippen molar-refractivity contribution in [2.24, 2.45) is 0 Å². The Bertz CT molecular complexity index is 1180. The molecule has 36 heavy (non-hydrogen) atoms. The molecule has 3 aliphatic rings. The Morgan fingerprint density at radius 1 is 1.06 bits per heavy atom. The average Bonchev–Trinajstić information content (AvgIpc) is 3.20. The second kappa shape index (κ2) is 10.3. The molecule has 3 amide bonds. The van der Waals surface area contributed by atoms with Gasteiger partial charge in [0.25, 0.3) is 5.91 Å². The molecule has 2 atom stereocenters. The molecule has 5 rings (SSSR count). The van der Waals surface area contributed by atoms with Crippen molar-refractivity contribution in [3.63, 3.8) is 0 Å². The van der Waals surface area contributed by atoms with Crippen LogP contribution in [0.4, 0.5) is 0 Å². The van der Waals surface area contributed by atoms with Crippen LogP contribution in [0.3, 0.4) is 0 Å². The van der Waals surface area contributed by atoms with Crippen LogP contribution < -0.4 is 14.8 Å². The van der Waals surface area contributed by atoms with E-state index >= 15 is 0 Å². The van der Waals surface area contributed by atoms with E-state index in [0.29, 0.717) is 31.2 Å². The molecule has 1 N–H and O–H groups in total. The van der Waals surface area contributed by atoms with Crippen LogP contribution in [0.15, 0.2) is 36.4 Å². The maximum atomic E-state index is 12.9. The van der Waals surface area contributed by atoms with Crippen molar-refractivity contribution >= 4 is 17.7 Å². The fraction of sp³-hybridized carbons (Fsp3) is 0.464. The van der Waals surface area contributed by atoms with E-state index in [4.69, 9.17) is 9.47 Å². The van der Waals surface area contributed by atoms with Gasteiger partial charge in [-0.1, -0.05) is 18.6 Å². The molecule has 0 saturated carbocycles. The predicted octanol–water partition coefficient (Wildman–Crippen LogP) is 3.20. The lowest BCUT2D eigenvalue weighted by Crippen LogP contribution is -2.52. The molecule has 0 aromatic heterocycles. The summed E-state index contributed by atoms with van der Waals surface area (Å²) in [6, 6.07) is 11.6. The number of carbonyl (C=O) groups is 3. The second-order valence-corrected chi connectivity index (χ2v) is 9.95. The Hall–Kier alpha value is -3.39. The van der Waals surface area contributed by atoms with Gasteiger partial charge in [0.2, 0.25) is 11.8 Å². The highest BCUT2D eigenvalue weighted by molar-refractivity contribution is 6.05. The van der Waals surface area contributed by atoms with Crippen LogP contribution in [0.25, 0.3) is 0 Å². The van der Waals surface area contributed by atoms with E-state index in [1.807, 2.05) is 19.1 Å². The lowest BCUT2D eigenvalue weighted by atomic mass is 10.0. The Morgan fingerprint density at radius 3 is 2.72 bits per heavy atom. The monoisotopic (exact) mass is 491 g/mol. The molecule has 2 aromatic carbocycles. The highest BCUT2D eigenvalue weighted by Crippen LogP contribution is 2.31. The fourth-order valence-corrected chi connectivity index (χ4v) is 5.49. The van der Waals surface area contributed by atoms with E-state index in [-0.39, 0.29) is 18.2 Å².